The lowest BCUT2D eigenvalue weighted by molar-refractivity contribution is -0.146. The first kappa shape index (κ1) is 25.9. The Balaban J connectivity index is 1.26. The highest BCUT2D eigenvalue weighted by atomic mass is 32.1. The lowest BCUT2D eigenvalue weighted by atomic mass is 9.74. The van der Waals surface area contributed by atoms with Crippen LogP contribution in [0.25, 0.3) is 21.1 Å². The summed E-state index contributed by atoms with van der Waals surface area (Å²) >= 11 is 1.79. The molecule has 2 fully saturated rings. The van der Waals surface area contributed by atoms with Crippen molar-refractivity contribution >= 4 is 50.0 Å². The summed E-state index contributed by atoms with van der Waals surface area (Å²) < 4.78 is 1.17. The number of hydrogen-bond donors (Lipinski definition) is 2. The Morgan fingerprint density at radius 2 is 2.00 bits per heavy atom. The Morgan fingerprint density at radius 1 is 1.15 bits per heavy atom. The minimum Gasteiger partial charge on any atom is -0.327 e. The summed E-state index contributed by atoms with van der Waals surface area (Å²) in [6.45, 7) is 9.48. The molecule has 1 unspecified atom stereocenters. The minimum absolute atomic E-state index is 0.163. The molecule has 6 rings (SSSR count). The first-order valence-electron chi connectivity index (χ1n) is 13.7. The molecule has 9 nitrogen and oxygen atoms in total. The van der Waals surface area contributed by atoms with Crippen LogP contribution in [-0.4, -0.2) is 68.5 Å². The van der Waals surface area contributed by atoms with Crippen molar-refractivity contribution in [3.05, 3.63) is 47.4 Å². The maximum absolute atomic E-state index is 13.5. The van der Waals surface area contributed by atoms with Gasteiger partial charge in [0.1, 0.15) is 0 Å². The van der Waals surface area contributed by atoms with Gasteiger partial charge < -0.3 is 15.1 Å². The molecule has 2 amide bonds. The van der Waals surface area contributed by atoms with E-state index in [2.05, 4.69) is 71.4 Å². The van der Waals surface area contributed by atoms with Crippen LogP contribution in [0.15, 0.2) is 36.8 Å². The molecule has 3 atom stereocenters. The van der Waals surface area contributed by atoms with Crippen molar-refractivity contribution in [2.24, 2.45) is 11.3 Å². The summed E-state index contributed by atoms with van der Waals surface area (Å²) in [5, 5.41) is 11.6. The van der Waals surface area contributed by atoms with Gasteiger partial charge in [-0.2, -0.15) is 5.10 Å². The van der Waals surface area contributed by atoms with Crippen molar-refractivity contribution in [3.8, 4) is 0 Å². The quantitative estimate of drug-likeness (QED) is 0.353. The second kappa shape index (κ2) is 9.98. The fourth-order valence-corrected chi connectivity index (χ4v) is 7.69. The van der Waals surface area contributed by atoms with Crippen molar-refractivity contribution in [1.29, 1.82) is 0 Å². The van der Waals surface area contributed by atoms with Crippen molar-refractivity contribution < 1.29 is 9.59 Å². The third-order valence-electron chi connectivity index (χ3n) is 8.41. The number of piperidine rings is 2. The van der Waals surface area contributed by atoms with E-state index in [1.807, 2.05) is 0 Å². The molecule has 0 radical (unpaired) electrons. The van der Waals surface area contributed by atoms with Crippen molar-refractivity contribution in [2.45, 2.75) is 52.0 Å². The van der Waals surface area contributed by atoms with Gasteiger partial charge in [0.05, 0.1) is 44.9 Å². The number of carbonyl (C=O) groups is 2. The van der Waals surface area contributed by atoms with Gasteiger partial charge in [0.15, 0.2) is 0 Å². The normalized spacial score (nSPS) is 23.8. The third-order valence-corrected chi connectivity index (χ3v) is 9.56. The maximum atomic E-state index is 13.5. The van der Waals surface area contributed by atoms with Crippen molar-refractivity contribution in [3.63, 3.8) is 0 Å². The van der Waals surface area contributed by atoms with Gasteiger partial charge in [-0.15, -0.1) is 11.3 Å². The number of anilines is 1. The average molecular weight is 546 g/mol. The largest absolute Gasteiger partial charge is 0.327 e. The Kier molecular flexibility index (Phi) is 6.63. The van der Waals surface area contributed by atoms with Gasteiger partial charge in [0, 0.05) is 30.6 Å². The fourth-order valence-electron chi connectivity index (χ4n) is 6.39. The zero-order chi connectivity index (χ0) is 27.3. The third kappa shape index (κ3) is 4.91. The molecule has 0 spiro atoms. The van der Waals surface area contributed by atoms with Crippen molar-refractivity contribution in [1.82, 2.24) is 30.0 Å². The van der Waals surface area contributed by atoms with E-state index in [4.69, 9.17) is 4.98 Å². The molecule has 1 aromatic carbocycles. The Labute approximate surface area is 232 Å². The predicted octanol–water partition coefficient (Wildman–Crippen LogP) is 4.95. The molecule has 2 saturated heterocycles. The number of rotatable bonds is 3. The van der Waals surface area contributed by atoms with Crippen LogP contribution in [0.2, 0.25) is 0 Å². The van der Waals surface area contributed by atoms with Gasteiger partial charge in [0.2, 0.25) is 0 Å². The first-order valence-corrected chi connectivity index (χ1v) is 14.5. The van der Waals surface area contributed by atoms with Crippen LogP contribution in [0.1, 0.15) is 62.6 Å². The molecule has 0 saturated carbocycles. The molecular formula is C29H35N7O2S. The predicted molar refractivity (Wildman–Crippen MR) is 154 cm³/mol. The van der Waals surface area contributed by atoms with Crippen LogP contribution >= 0.6 is 11.3 Å². The zero-order valence-corrected chi connectivity index (χ0v) is 23.7. The van der Waals surface area contributed by atoms with Gasteiger partial charge in [0.25, 0.3) is 0 Å². The van der Waals surface area contributed by atoms with Crippen molar-refractivity contribution in [2.75, 3.05) is 32.0 Å². The molecule has 0 aliphatic carbocycles. The Bertz CT molecular complexity index is 1540. The number of likely N-dealkylation sites (tertiary alicyclic amines) is 2. The molecule has 3 aromatic heterocycles. The average Bonchev–Trinajstić information content (AvgIpc) is 3.54. The topological polar surface area (TPSA) is 107 Å². The highest BCUT2D eigenvalue weighted by Gasteiger charge is 2.38. The van der Waals surface area contributed by atoms with E-state index in [9.17, 15) is 9.59 Å². The second-order valence-electron chi connectivity index (χ2n) is 12.0. The summed E-state index contributed by atoms with van der Waals surface area (Å²) in [5.74, 6) is -0.452. The smallest absolute Gasteiger partial charge is 0.314 e. The number of carbonyl (C=O) groups excluding carboxylic acids is 2. The summed E-state index contributed by atoms with van der Waals surface area (Å²) in [7, 11) is 2.19. The highest BCUT2D eigenvalue weighted by Crippen LogP contribution is 2.44. The molecule has 10 heteroatoms. The number of fused-ring (bicyclic) bond motifs is 2. The Morgan fingerprint density at radius 3 is 2.82 bits per heavy atom. The van der Waals surface area contributed by atoms with E-state index < -0.39 is 11.8 Å². The SMILES string of the molecule is C[C@H]1CC[C@H](c2ccc3sc(C4CCN(C)CC4(C)C)nc3c2)N(C(=O)C(=O)Nc2cncc3cn[nH]c23)C1. The number of H-pyrrole nitrogens is 1. The molecule has 39 heavy (non-hydrogen) atoms. The number of aromatic amines is 1. The number of thiazole rings is 1. The molecule has 2 N–H and O–H groups in total. The van der Waals surface area contributed by atoms with Crippen LogP contribution in [0.3, 0.4) is 0 Å². The van der Waals surface area contributed by atoms with Gasteiger partial charge in [-0.1, -0.05) is 26.8 Å². The van der Waals surface area contributed by atoms with Crippen LogP contribution < -0.4 is 5.32 Å². The van der Waals surface area contributed by atoms with Gasteiger partial charge >= 0.3 is 11.8 Å². The minimum atomic E-state index is -0.667. The van der Waals surface area contributed by atoms with Crippen LogP contribution in [0.5, 0.6) is 0 Å². The monoisotopic (exact) mass is 545 g/mol. The van der Waals surface area contributed by atoms with E-state index in [1.165, 1.54) is 15.9 Å². The standard InChI is InChI=1S/C29H35N7O2S/c1-17-5-7-23(36(15-17)28(38)26(37)32-22-14-30-12-19-13-31-34-25(19)22)18-6-8-24-21(11-18)33-27(39-24)20-9-10-35(4)16-29(20,2)3/h6,8,11-14,17,20,23H,5,7,9-10,15-16H2,1-4H3,(H,31,34)(H,32,37)/t17-,20?,23+/m0/s1. The summed E-state index contributed by atoms with van der Waals surface area (Å²) in [6, 6.07) is 6.21. The van der Waals surface area contributed by atoms with Gasteiger partial charge in [-0.3, -0.25) is 19.7 Å². The number of nitrogens with one attached hydrogen (secondary N) is 2. The van der Waals surface area contributed by atoms with Crippen LogP contribution in [0.4, 0.5) is 5.69 Å². The summed E-state index contributed by atoms with van der Waals surface area (Å²) in [5.41, 5.74) is 3.27. The summed E-state index contributed by atoms with van der Waals surface area (Å²) in [6.07, 6.45) is 7.74. The first-order chi connectivity index (χ1) is 18.7. The number of benzene rings is 1. The second-order valence-corrected chi connectivity index (χ2v) is 13.0. The highest BCUT2D eigenvalue weighted by molar-refractivity contribution is 7.18. The number of amides is 2. The van der Waals surface area contributed by atoms with E-state index in [-0.39, 0.29) is 11.5 Å². The van der Waals surface area contributed by atoms with E-state index >= 15 is 0 Å². The molecule has 204 valence electrons. The molecule has 0 bridgehead atoms. The zero-order valence-electron chi connectivity index (χ0n) is 22.9. The number of pyridine rings is 1. The molecular weight excluding hydrogens is 510 g/mol. The molecule has 5 heterocycles. The van der Waals surface area contributed by atoms with E-state index in [1.54, 1.807) is 28.6 Å². The number of aromatic nitrogens is 4. The maximum Gasteiger partial charge on any atom is 0.314 e. The molecule has 2 aliphatic rings. The van der Waals surface area contributed by atoms with Gasteiger partial charge in [-0.25, -0.2) is 4.98 Å². The Hall–Kier alpha value is -3.37. The summed E-state index contributed by atoms with van der Waals surface area (Å²) in [4.78, 5) is 40.1. The van der Waals surface area contributed by atoms with E-state index in [0.29, 0.717) is 29.6 Å². The number of hydrogen-bond acceptors (Lipinski definition) is 7. The van der Waals surface area contributed by atoms with Crippen LogP contribution in [-0.2, 0) is 9.59 Å². The van der Waals surface area contributed by atoms with Crippen LogP contribution in [0, 0.1) is 11.3 Å². The lowest BCUT2D eigenvalue weighted by Crippen LogP contribution is -2.46. The number of nitrogens with zero attached hydrogens (tertiary/aromatic N) is 5. The van der Waals surface area contributed by atoms with Gasteiger partial charge in [-0.05, 0) is 61.9 Å². The lowest BCUT2D eigenvalue weighted by Gasteiger charge is -2.42. The van der Waals surface area contributed by atoms with E-state index in [0.717, 1.165) is 48.8 Å². The molecule has 2 aliphatic heterocycles. The molecule has 4 aromatic rings. The fraction of sp³-hybridized carbons (Fsp3) is 0.483.